The molecule has 42 heavy (non-hydrogen) atoms. The normalized spacial score (nSPS) is 20.9. The quantitative estimate of drug-likeness (QED) is 0.396. The van der Waals surface area contributed by atoms with E-state index in [1.54, 1.807) is 0 Å². The minimum absolute atomic E-state index is 0.0181. The summed E-state index contributed by atoms with van der Waals surface area (Å²) in [5, 5.41) is 10.5. The number of amides is 1. The number of carbonyl (C=O) groups excluding carboxylic acids is 1. The van der Waals surface area contributed by atoms with E-state index in [-0.39, 0.29) is 23.8 Å². The largest absolute Gasteiger partial charge is 0.490 e. The van der Waals surface area contributed by atoms with Crippen LogP contribution in [-0.4, -0.2) is 40.1 Å². The van der Waals surface area contributed by atoms with Crippen molar-refractivity contribution in [2.75, 3.05) is 6.61 Å². The van der Waals surface area contributed by atoms with E-state index in [0.29, 0.717) is 42.0 Å². The van der Waals surface area contributed by atoms with Gasteiger partial charge in [-0.3, -0.25) is 4.79 Å². The average molecular weight is 580 g/mol. The minimum Gasteiger partial charge on any atom is -0.490 e. The monoisotopic (exact) mass is 579 g/mol. The first-order valence-electron chi connectivity index (χ1n) is 15.4. The number of halogens is 1. The van der Waals surface area contributed by atoms with Crippen LogP contribution in [0.4, 0.5) is 4.39 Å². The number of nitrogens with zero attached hydrogens (tertiary/aromatic N) is 1. The van der Waals surface area contributed by atoms with Crippen LogP contribution >= 0.6 is 0 Å². The standard InChI is InChI=1S/C35H46FNO5/c1-19-22-12-11-15-41-31(22)26(36)16-24(19)29-21(3)25-18-37(27-13-9-10-14-35(27,7)8)28(38)17-23(25)20(2)30(29)32(33(39)40)42-34(4,5)6/h16,27,32H,9-15,17-18H2,1-8H3,(H,39,40). The number of rotatable bonds is 5. The van der Waals surface area contributed by atoms with Gasteiger partial charge in [0.25, 0.3) is 0 Å². The number of ether oxygens (including phenoxy) is 2. The van der Waals surface area contributed by atoms with Crippen LogP contribution in [-0.2, 0) is 33.7 Å². The zero-order valence-electron chi connectivity index (χ0n) is 26.5. The first-order valence-corrected chi connectivity index (χ1v) is 15.4. The molecule has 1 amide bonds. The molecular formula is C35H46FNO5. The lowest BCUT2D eigenvalue weighted by molar-refractivity contribution is -0.160. The van der Waals surface area contributed by atoms with Crippen LogP contribution < -0.4 is 4.74 Å². The molecule has 3 aliphatic rings. The van der Waals surface area contributed by atoms with Crippen molar-refractivity contribution in [3.63, 3.8) is 0 Å². The zero-order valence-corrected chi connectivity index (χ0v) is 26.5. The molecule has 2 atom stereocenters. The van der Waals surface area contributed by atoms with E-state index in [2.05, 4.69) is 18.7 Å². The van der Waals surface area contributed by atoms with Crippen molar-refractivity contribution in [1.82, 2.24) is 4.90 Å². The molecule has 2 aromatic carbocycles. The van der Waals surface area contributed by atoms with Gasteiger partial charge in [0.1, 0.15) is 0 Å². The van der Waals surface area contributed by atoms with Gasteiger partial charge >= 0.3 is 5.97 Å². The third-order valence-electron chi connectivity index (χ3n) is 9.79. The van der Waals surface area contributed by atoms with E-state index in [4.69, 9.17) is 9.47 Å². The summed E-state index contributed by atoms with van der Waals surface area (Å²) in [6, 6.07) is 1.65. The summed E-state index contributed by atoms with van der Waals surface area (Å²) < 4.78 is 27.6. The highest BCUT2D eigenvalue weighted by Crippen LogP contribution is 2.47. The summed E-state index contributed by atoms with van der Waals surface area (Å²) >= 11 is 0. The molecule has 2 heterocycles. The molecular weight excluding hydrogens is 533 g/mol. The van der Waals surface area contributed by atoms with Crippen LogP contribution in [0.5, 0.6) is 5.75 Å². The summed E-state index contributed by atoms with van der Waals surface area (Å²) in [5.74, 6) is -1.16. The van der Waals surface area contributed by atoms with Gasteiger partial charge in [-0.2, -0.15) is 0 Å². The van der Waals surface area contributed by atoms with Crippen molar-refractivity contribution in [2.24, 2.45) is 5.41 Å². The van der Waals surface area contributed by atoms with Gasteiger partial charge in [-0.25, -0.2) is 9.18 Å². The van der Waals surface area contributed by atoms with E-state index in [1.165, 1.54) is 12.5 Å². The predicted octanol–water partition coefficient (Wildman–Crippen LogP) is 7.54. The van der Waals surface area contributed by atoms with Gasteiger partial charge in [-0.05, 0) is 118 Å². The molecule has 1 fully saturated rings. The summed E-state index contributed by atoms with van der Waals surface area (Å²) in [6.45, 7) is 16.8. The Labute approximate surface area is 249 Å². The molecule has 228 valence electrons. The van der Waals surface area contributed by atoms with Crippen LogP contribution in [0.25, 0.3) is 11.1 Å². The maximum absolute atomic E-state index is 15.6. The summed E-state index contributed by atoms with van der Waals surface area (Å²) in [7, 11) is 0. The number of benzene rings is 2. The molecule has 0 saturated heterocycles. The Balaban J connectivity index is 1.78. The van der Waals surface area contributed by atoms with E-state index in [9.17, 15) is 14.7 Å². The minimum atomic E-state index is -1.29. The molecule has 0 radical (unpaired) electrons. The van der Waals surface area contributed by atoms with Crippen molar-refractivity contribution in [3.05, 3.63) is 50.8 Å². The van der Waals surface area contributed by atoms with Crippen LogP contribution in [0.1, 0.15) is 112 Å². The number of aliphatic carboxylic acids is 1. The second-order valence-electron chi connectivity index (χ2n) is 14.2. The highest BCUT2D eigenvalue weighted by atomic mass is 19.1. The van der Waals surface area contributed by atoms with Crippen molar-refractivity contribution in [3.8, 4) is 16.9 Å². The molecule has 1 saturated carbocycles. The lowest BCUT2D eigenvalue weighted by Gasteiger charge is -2.47. The molecule has 1 N–H and O–H groups in total. The van der Waals surface area contributed by atoms with Gasteiger partial charge in [0.05, 0.1) is 18.6 Å². The zero-order chi connectivity index (χ0) is 30.7. The van der Waals surface area contributed by atoms with E-state index in [0.717, 1.165) is 59.1 Å². The average Bonchev–Trinajstić information content (AvgIpc) is 2.91. The van der Waals surface area contributed by atoms with Gasteiger partial charge in [-0.15, -0.1) is 0 Å². The SMILES string of the molecule is Cc1c(-c2c(C)c3c(c(C)c2C(OC(C)(C)C)C(=O)O)CC(=O)N(C2CCCCC2(C)C)C3)cc(F)c2c1CCCO2. The first-order chi connectivity index (χ1) is 19.6. The summed E-state index contributed by atoms with van der Waals surface area (Å²) in [5.41, 5.74) is 6.42. The topological polar surface area (TPSA) is 76.1 Å². The van der Waals surface area contributed by atoms with Crippen LogP contribution in [0.2, 0.25) is 0 Å². The van der Waals surface area contributed by atoms with Crippen molar-refractivity contribution >= 4 is 11.9 Å². The van der Waals surface area contributed by atoms with Gasteiger partial charge in [0.15, 0.2) is 17.7 Å². The third-order valence-corrected chi connectivity index (χ3v) is 9.79. The highest BCUT2D eigenvalue weighted by Gasteiger charge is 2.42. The van der Waals surface area contributed by atoms with Crippen LogP contribution in [0, 0.1) is 32.0 Å². The molecule has 5 rings (SSSR count). The van der Waals surface area contributed by atoms with Crippen LogP contribution in [0.3, 0.4) is 0 Å². The van der Waals surface area contributed by atoms with Gasteiger partial charge < -0.3 is 19.5 Å². The molecule has 0 spiro atoms. The predicted molar refractivity (Wildman–Crippen MR) is 161 cm³/mol. The highest BCUT2D eigenvalue weighted by molar-refractivity contribution is 5.89. The maximum Gasteiger partial charge on any atom is 0.337 e. The maximum atomic E-state index is 15.6. The van der Waals surface area contributed by atoms with Crippen molar-refractivity contribution in [1.29, 1.82) is 0 Å². The number of hydrogen-bond acceptors (Lipinski definition) is 4. The second kappa shape index (κ2) is 11.0. The molecule has 6 nitrogen and oxygen atoms in total. The Kier molecular flexibility index (Phi) is 7.97. The van der Waals surface area contributed by atoms with E-state index < -0.39 is 23.5 Å². The number of hydrogen-bond donors (Lipinski definition) is 1. The number of carboxylic acid groups (broad SMARTS) is 1. The molecule has 7 heteroatoms. The van der Waals surface area contributed by atoms with E-state index >= 15 is 4.39 Å². The van der Waals surface area contributed by atoms with Gasteiger partial charge in [-0.1, -0.05) is 26.7 Å². The third kappa shape index (κ3) is 5.34. The van der Waals surface area contributed by atoms with Crippen LogP contribution in [0.15, 0.2) is 6.07 Å². The second-order valence-corrected chi connectivity index (χ2v) is 14.2. The number of fused-ring (bicyclic) bond motifs is 2. The van der Waals surface area contributed by atoms with Gasteiger partial charge in [0, 0.05) is 23.7 Å². The smallest absolute Gasteiger partial charge is 0.337 e. The van der Waals surface area contributed by atoms with E-state index in [1.807, 2.05) is 41.5 Å². The molecule has 0 aromatic heterocycles. The fourth-order valence-corrected chi connectivity index (χ4v) is 7.64. The Morgan fingerprint density at radius 3 is 2.45 bits per heavy atom. The lowest BCUT2D eigenvalue weighted by Crippen LogP contribution is -2.51. The Hall–Kier alpha value is -2.93. The fourth-order valence-electron chi connectivity index (χ4n) is 7.64. The fraction of sp³-hybridized carbons (Fsp3) is 0.600. The molecule has 2 unspecified atom stereocenters. The summed E-state index contributed by atoms with van der Waals surface area (Å²) in [4.78, 5) is 28.7. The molecule has 1 aliphatic carbocycles. The number of carboxylic acids is 1. The Morgan fingerprint density at radius 2 is 1.81 bits per heavy atom. The number of carbonyl (C=O) groups is 2. The Bertz CT molecular complexity index is 1440. The molecule has 2 aromatic rings. The molecule has 0 bridgehead atoms. The molecule has 2 aliphatic heterocycles. The van der Waals surface area contributed by atoms with Crippen molar-refractivity contribution < 1.29 is 28.6 Å². The Morgan fingerprint density at radius 1 is 1.10 bits per heavy atom. The summed E-state index contributed by atoms with van der Waals surface area (Å²) in [6.07, 6.45) is 4.76. The van der Waals surface area contributed by atoms with Gasteiger partial charge in [0.2, 0.25) is 5.91 Å². The van der Waals surface area contributed by atoms with Crippen molar-refractivity contribution in [2.45, 2.75) is 125 Å². The lowest BCUT2D eigenvalue weighted by atomic mass is 9.71. The first kappa shape index (κ1) is 30.5.